The maximum atomic E-state index is 10.0. The van der Waals surface area contributed by atoms with E-state index < -0.39 is 0 Å². The van der Waals surface area contributed by atoms with Crippen LogP contribution in [0.4, 0.5) is 0 Å². The van der Waals surface area contributed by atoms with Gasteiger partial charge in [0.2, 0.25) is 0 Å². The van der Waals surface area contributed by atoms with Crippen molar-refractivity contribution >= 4 is 0 Å². The molecule has 3 fully saturated rings. The number of hydrogen-bond acceptors (Lipinski definition) is 2. The standard InChI is InChI=1S/C15H27NO/c1-2-11-5-3-4-6-14(11)16-9-12-7-8-15(17)13(12)10-16/h11-15,17H,2-10H2,1H3. The molecule has 0 bridgehead atoms. The number of nitrogens with zero attached hydrogens (tertiary/aromatic N) is 1. The zero-order valence-corrected chi connectivity index (χ0v) is 11.1. The largest absolute Gasteiger partial charge is 0.393 e. The third-order valence-corrected chi connectivity index (χ3v) is 5.71. The number of fused-ring (bicyclic) bond motifs is 1. The lowest BCUT2D eigenvalue weighted by atomic mass is 9.82. The fraction of sp³-hybridized carbons (Fsp3) is 1.00. The maximum Gasteiger partial charge on any atom is 0.0583 e. The monoisotopic (exact) mass is 237 g/mol. The molecule has 0 radical (unpaired) electrons. The van der Waals surface area contributed by atoms with Crippen molar-refractivity contribution in [1.29, 1.82) is 0 Å². The van der Waals surface area contributed by atoms with Crippen molar-refractivity contribution in [3.8, 4) is 0 Å². The molecular formula is C15H27NO. The van der Waals surface area contributed by atoms with Crippen LogP contribution in [0.1, 0.15) is 51.9 Å². The first kappa shape index (κ1) is 12.0. The molecule has 2 saturated carbocycles. The van der Waals surface area contributed by atoms with E-state index in [1.54, 1.807) is 0 Å². The summed E-state index contributed by atoms with van der Waals surface area (Å²) in [6, 6.07) is 0.839. The summed E-state index contributed by atoms with van der Waals surface area (Å²) in [7, 11) is 0. The molecule has 17 heavy (non-hydrogen) atoms. The lowest BCUT2D eigenvalue weighted by Crippen LogP contribution is -2.42. The zero-order chi connectivity index (χ0) is 11.8. The van der Waals surface area contributed by atoms with Gasteiger partial charge in [0, 0.05) is 25.0 Å². The molecule has 2 aliphatic carbocycles. The molecule has 0 spiro atoms. The highest BCUT2D eigenvalue weighted by Gasteiger charge is 2.44. The molecule has 1 heterocycles. The Balaban J connectivity index is 1.65. The Hall–Kier alpha value is -0.0800. The van der Waals surface area contributed by atoms with Gasteiger partial charge in [0.25, 0.3) is 0 Å². The fourth-order valence-corrected chi connectivity index (χ4v) is 4.69. The lowest BCUT2D eigenvalue weighted by Gasteiger charge is -2.38. The summed E-state index contributed by atoms with van der Waals surface area (Å²) in [4.78, 5) is 2.74. The van der Waals surface area contributed by atoms with Gasteiger partial charge in [0.1, 0.15) is 0 Å². The number of rotatable bonds is 2. The van der Waals surface area contributed by atoms with E-state index in [2.05, 4.69) is 11.8 Å². The van der Waals surface area contributed by atoms with Gasteiger partial charge in [0.15, 0.2) is 0 Å². The summed E-state index contributed by atoms with van der Waals surface area (Å²) in [5.41, 5.74) is 0. The van der Waals surface area contributed by atoms with Crippen molar-refractivity contribution in [3.05, 3.63) is 0 Å². The van der Waals surface area contributed by atoms with E-state index in [0.717, 1.165) is 24.3 Å². The van der Waals surface area contributed by atoms with E-state index in [-0.39, 0.29) is 6.10 Å². The van der Waals surface area contributed by atoms with Crippen LogP contribution >= 0.6 is 0 Å². The minimum atomic E-state index is 0.00803. The molecule has 1 saturated heterocycles. The summed E-state index contributed by atoms with van der Waals surface area (Å²) < 4.78 is 0. The normalized spacial score (nSPS) is 47.3. The van der Waals surface area contributed by atoms with Crippen LogP contribution in [-0.2, 0) is 0 Å². The van der Waals surface area contributed by atoms with Crippen LogP contribution in [0.25, 0.3) is 0 Å². The van der Waals surface area contributed by atoms with Gasteiger partial charge >= 0.3 is 0 Å². The van der Waals surface area contributed by atoms with E-state index >= 15 is 0 Å². The minimum Gasteiger partial charge on any atom is -0.393 e. The number of hydrogen-bond donors (Lipinski definition) is 1. The summed E-state index contributed by atoms with van der Waals surface area (Å²) in [5.74, 6) is 2.35. The number of likely N-dealkylation sites (tertiary alicyclic amines) is 1. The highest BCUT2D eigenvalue weighted by atomic mass is 16.3. The summed E-state index contributed by atoms with van der Waals surface area (Å²) in [5, 5.41) is 10.0. The summed E-state index contributed by atoms with van der Waals surface area (Å²) in [6.45, 7) is 4.82. The second-order valence-corrected chi connectivity index (χ2v) is 6.54. The minimum absolute atomic E-state index is 0.00803. The van der Waals surface area contributed by atoms with Crippen LogP contribution in [0, 0.1) is 17.8 Å². The van der Waals surface area contributed by atoms with Gasteiger partial charge in [0.05, 0.1) is 6.10 Å². The van der Waals surface area contributed by atoms with E-state index in [0.29, 0.717) is 5.92 Å². The van der Waals surface area contributed by atoms with Crippen LogP contribution in [0.5, 0.6) is 0 Å². The highest BCUT2D eigenvalue weighted by Crippen LogP contribution is 2.42. The van der Waals surface area contributed by atoms with Crippen LogP contribution in [0.15, 0.2) is 0 Å². The van der Waals surface area contributed by atoms with Gasteiger partial charge in [-0.3, -0.25) is 4.90 Å². The molecule has 1 N–H and O–H groups in total. The maximum absolute atomic E-state index is 10.0. The summed E-state index contributed by atoms with van der Waals surface area (Å²) in [6.07, 6.45) is 9.40. The topological polar surface area (TPSA) is 23.5 Å². The first-order valence-electron chi connectivity index (χ1n) is 7.71. The first-order chi connectivity index (χ1) is 8.29. The summed E-state index contributed by atoms with van der Waals surface area (Å²) >= 11 is 0. The molecule has 98 valence electrons. The third-order valence-electron chi connectivity index (χ3n) is 5.71. The molecule has 3 aliphatic rings. The third kappa shape index (κ3) is 2.15. The second kappa shape index (κ2) is 4.89. The Kier molecular flexibility index (Phi) is 3.45. The average molecular weight is 237 g/mol. The molecule has 2 nitrogen and oxygen atoms in total. The van der Waals surface area contributed by atoms with Crippen molar-refractivity contribution in [1.82, 2.24) is 4.90 Å². The fourth-order valence-electron chi connectivity index (χ4n) is 4.69. The molecule has 0 aromatic heterocycles. The van der Waals surface area contributed by atoms with E-state index in [4.69, 9.17) is 0 Å². The van der Waals surface area contributed by atoms with Crippen LogP contribution in [0.3, 0.4) is 0 Å². The van der Waals surface area contributed by atoms with Gasteiger partial charge in [-0.1, -0.05) is 26.2 Å². The smallest absolute Gasteiger partial charge is 0.0583 e. The van der Waals surface area contributed by atoms with Gasteiger partial charge in [-0.05, 0) is 37.5 Å². The van der Waals surface area contributed by atoms with E-state index in [1.807, 2.05) is 0 Å². The zero-order valence-electron chi connectivity index (χ0n) is 11.1. The van der Waals surface area contributed by atoms with Crippen LogP contribution in [-0.4, -0.2) is 35.2 Å². The highest BCUT2D eigenvalue weighted by molar-refractivity contribution is 4.97. The van der Waals surface area contributed by atoms with Crippen LogP contribution < -0.4 is 0 Å². The van der Waals surface area contributed by atoms with Crippen molar-refractivity contribution in [2.24, 2.45) is 17.8 Å². The Morgan fingerprint density at radius 1 is 1.06 bits per heavy atom. The van der Waals surface area contributed by atoms with Gasteiger partial charge in [-0.15, -0.1) is 0 Å². The Labute approximate surface area is 105 Å². The molecule has 5 unspecified atom stereocenters. The molecule has 3 rings (SSSR count). The molecule has 1 aliphatic heterocycles. The van der Waals surface area contributed by atoms with Crippen molar-refractivity contribution in [3.63, 3.8) is 0 Å². The first-order valence-corrected chi connectivity index (χ1v) is 7.71. The molecule has 0 aromatic rings. The molecule has 0 aromatic carbocycles. The predicted octanol–water partition coefficient (Wildman–Crippen LogP) is 2.66. The van der Waals surface area contributed by atoms with Crippen molar-refractivity contribution < 1.29 is 5.11 Å². The predicted molar refractivity (Wildman–Crippen MR) is 69.8 cm³/mol. The van der Waals surface area contributed by atoms with E-state index in [1.165, 1.54) is 51.6 Å². The molecular weight excluding hydrogens is 210 g/mol. The molecule has 5 atom stereocenters. The number of aliphatic hydroxyl groups is 1. The molecule has 2 heteroatoms. The van der Waals surface area contributed by atoms with Gasteiger partial charge in [-0.25, -0.2) is 0 Å². The Morgan fingerprint density at radius 3 is 2.65 bits per heavy atom. The quantitative estimate of drug-likeness (QED) is 0.798. The average Bonchev–Trinajstić information content (AvgIpc) is 2.92. The van der Waals surface area contributed by atoms with Crippen molar-refractivity contribution in [2.45, 2.75) is 64.0 Å². The molecule has 0 amide bonds. The van der Waals surface area contributed by atoms with Gasteiger partial charge < -0.3 is 5.11 Å². The van der Waals surface area contributed by atoms with Gasteiger partial charge in [-0.2, -0.15) is 0 Å². The number of aliphatic hydroxyl groups excluding tert-OH is 1. The van der Waals surface area contributed by atoms with E-state index in [9.17, 15) is 5.11 Å². The lowest BCUT2D eigenvalue weighted by molar-refractivity contribution is 0.0905. The second-order valence-electron chi connectivity index (χ2n) is 6.54. The van der Waals surface area contributed by atoms with Crippen LogP contribution in [0.2, 0.25) is 0 Å². The Morgan fingerprint density at radius 2 is 1.88 bits per heavy atom. The van der Waals surface area contributed by atoms with Crippen molar-refractivity contribution in [2.75, 3.05) is 13.1 Å². The SMILES string of the molecule is CCC1CCCCC1N1CC2CCC(O)C2C1. The Bertz CT molecular complexity index is 268.